The lowest BCUT2D eigenvalue weighted by Gasteiger charge is -2.30. The fourth-order valence-corrected chi connectivity index (χ4v) is 3.47. The number of halogens is 4. The lowest BCUT2D eigenvalue weighted by atomic mass is 9.98. The fourth-order valence-electron chi connectivity index (χ4n) is 3.47. The number of carbonyl (C=O) groups is 1. The highest BCUT2D eigenvalue weighted by Crippen LogP contribution is 2.29. The minimum Gasteiger partial charge on any atom is -0.499 e. The SMILES string of the molecule is O=C(O)[C@@H]1CCCN(CCO/C=C(\c2ccc(F)cc2F)c2cc(F)ccc2F)C1. The monoisotopic (exact) mass is 423 g/mol. The average Bonchev–Trinajstić information content (AvgIpc) is 2.71. The van der Waals surface area contributed by atoms with Crippen LogP contribution in [-0.2, 0) is 9.53 Å². The molecule has 30 heavy (non-hydrogen) atoms. The zero-order chi connectivity index (χ0) is 21.7. The molecule has 2 aromatic rings. The van der Waals surface area contributed by atoms with Crippen molar-refractivity contribution in [2.75, 3.05) is 26.2 Å². The second-order valence-corrected chi connectivity index (χ2v) is 7.13. The number of rotatable bonds is 7. The molecule has 4 nitrogen and oxygen atoms in total. The van der Waals surface area contributed by atoms with E-state index in [1.54, 1.807) is 0 Å². The van der Waals surface area contributed by atoms with E-state index in [0.717, 1.165) is 49.6 Å². The smallest absolute Gasteiger partial charge is 0.307 e. The van der Waals surface area contributed by atoms with Crippen molar-refractivity contribution < 1.29 is 32.2 Å². The highest BCUT2D eigenvalue weighted by Gasteiger charge is 2.25. The highest BCUT2D eigenvalue weighted by atomic mass is 19.1. The average molecular weight is 423 g/mol. The van der Waals surface area contributed by atoms with Gasteiger partial charge in [0.25, 0.3) is 0 Å². The van der Waals surface area contributed by atoms with Crippen molar-refractivity contribution in [1.29, 1.82) is 0 Å². The standard InChI is InChI=1S/C22H21F4NO3/c23-15-4-6-20(25)18(10-15)19(17-5-3-16(24)11-21(17)26)13-30-9-8-27-7-1-2-14(12-27)22(28)29/h3-6,10-11,13-14H,1-2,7-9,12H2,(H,28,29)/b19-13+/t14-/m1/s1. The molecule has 0 aromatic heterocycles. The van der Waals surface area contributed by atoms with Crippen molar-refractivity contribution in [3.63, 3.8) is 0 Å². The summed E-state index contributed by atoms with van der Waals surface area (Å²) in [6.07, 6.45) is 2.50. The Kier molecular flexibility index (Phi) is 7.10. The maximum Gasteiger partial charge on any atom is 0.307 e. The number of likely N-dealkylation sites (tertiary alicyclic amines) is 1. The summed E-state index contributed by atoms with van der Waals surface area (Å²) in [4.78, 5) is 13.1. The number of carboxylic acids is 1. The Labute approximate surface area is 171 Å². The van der Waals surface area contributed by atoms with Crippen molar-refractivity contribution in [2.24, 2.45) is 5.92 Å². The predicted octanol–water partition coefficient (Wildman–Crippen LogP) is 4.45. The Morgan fingerprint density at radius 2 is 1.80 bits per heavy atom. The molecule has 0 radical (unpaired) electrons. The molecule has 1 N–H and O–H groups in total. The van der Waals surface area contributed by atoms with Crippen molar-refractivity contribution in [3.05, 3.63) is 77.1 Å². The minimum atomic E-state index is -0.936. The number of carboxylic acid groups (broad SMARTS) is 1. The zero-order valence-corrected chi connectivity index (χ0v) is 16.1. The largest absolute Gasteiger partial charge is 0.499 e. The molecule has 1 fully saturated rings. The summed E-state index contributed by atoms with van der Waals surface area (Å²) in [5.41, 5.74) is -0.416. The van der Waals surface area contributed by atoms with Crippen LogP contribution in [0.1, 0.15) is 24.0 Å². The van der Waals surface area contributed by atoms with Gasteiger partial charge >= 0.3 is 5.97 Å². The summed E-state index contributed by atoms with van der Waals surface area (Å²) < 4.78 is 61.1. The first-order valence-electron chi connectivity index (χ1n) is 9.53. The van der Waals surface area contributed by atoms with Crippen LogP contribution in [0.3, 0.4) is 0 Å². The van der Waals surface area contributed by atoms with E-state index in [1.165, 1.54) is 0 Å². The van der Waals surface area contributed by atoms with Gasteiger partial charge in [-0.15, -0.1) is 0 Å². The molecule has 0 aliphatic carbocycles. The van der Waals surface area contributed by atoms with Crippen LogP contribution in [0.4, 0.5) is 17.6 Å². The van der Waals surface area contributed by atoms with E-state index in [0.29, 0.717) is 25.6 Å². The minimum absolute atomic E-state index is 0.0634. The van der Waals surface area contributed by atoms with Crippen molar-refractivity contribution in [3.8, 4) is 0 Å². The maximum atomic E-state index is 14.3. The number of hydrogen-bond acceptors (Lipinski definition) is 3. The normalized spacial score (nSPS) is 17.7. The molecular formula is C22H21F4NO3. The highest BCUT2D eigenvalue weighted by molar-refractivity contribution is 5.79. The molecule has 0 spiro atoms. The summed E-state index contributed by atoms with van der Waals surface area (Å²) in [5, 5.41) is 9.15. The quantitative estimate of drug-likeness (QED) is 0.406. The lowest BCUT2D eigenvalue weighted by Crippen LogP contribution is -2.40. The number of ether oxygens (including phenoxy) is 1. The van der Waals surface area contributed by atoms with Gasteiger partial charge in [0.2, 0.25) is 0 Å². The van der Waals surface area contributed by atoms with Gasteiger partial charge in [-0.25, -0.2) is 17.6 Å². The molecule has 1 atom stereocenters. The second-order valence-electron chi connectivity index (χ2n) is 7.13. The third-order valence-corrected chi connectivity index (χ3v) is 5.02. The van der Waals surface area contributed by atoms with Crippen LogP contribution in [0.15, 0.2) is 42.7 Å². The number of aliphatic carboxylic acids is 1. The Hall–Kier alpha value is -2.87. The lowest BCUT2D eigenvalue weighted by molar-refractivity contribution is -0.143. The molecule has 160 valence electrons. The molecule has 1 aliphatic heterocycles. The van der Waals surface area contributed by atoms with E-state index in [9.17, 15) is 22.4 Å². The Balaban J connectivity index is 1.78. The van der Waals surface area contributed by atoms with Gasteiger partial charge in [-0.05, 0) is 49.7 Å². The molecule has 1 aliphatic rings. The van der Waals surface area contributed by atoms with Crippen molar-refractivity contribution >= 4 is 11.5 Å². The second kappa shape index (κ2) is 9.75. The van der Waals surface area contributed by atoms with E-state index >= 15 is 0 Å². The van der Waals surface area contributed by atoms with Crippen LogP contribution in [-0.4, -0.2) is 42.2 Å². The molecule has 1 heterocycles. The first-order valence-corrected chi connectivity index (χ1v) is 9.53. The predicted molar refractivity (Wildman–Crippen MR) is 103 cm³/mol. The molecule has 0 unspecified atom stereocenters. The van der Waals surface area contributed by atoms with Crippen LogP contribution in [0.25, 0.3) is 5.57 Å². The van der Waals surface area contributed by atoms with Gasteiger partial charge in [0, 0.05) is 35.9 Å². The van der Waals surface area contributed by atoms with E-state index < -0.39 is 35.2 Å². The van der Waals surface area contributed by atoms with Gasteiger partial charge in [0.1, 0.15) is 29.9 Å². The first-order chi connectivity index (χ1) is 14.3. The molecule has 0 bridgehead atoms. The maximum absolute atomic E-state index is 14.3. The number of nitrogens with zero attached hydrogens (tertiary/aromatic N) is 1. The third-order valence-electron chi connectivity index (χ3n) is 5.02. The van der Waals surface area contributed by atoms with E-state index in [-0.39, 0.29) is 23.3 Å². The van der Waals surface area contributed by atoms with Gasteiger partial charge in [0.05, 0.1) is 12.2 Å². The van der Waals surface area contributed by atoms with Crippen molar-refractivity contribution in [1.82, 2.24) is 4.90 Å². The van der Waals surface area contributed by atoms with Gasteiger partial charge < -0.3 is 9.84 Å². The van der Waals surface area contributed by atoms with Crippen LogP contribution in [0.2, 0.25) is 0 Å². The van der Waals surface area contributed by atoms with Gasteiger partial charge in [-0.1, -0.05) is 0 Å². The van der Waals surface area contributed by atoms with Crippen LogP contribution >= 0.6 is 0 Å². The van der Waals surface area contributed by atoms with Gasteiger partial charge in [0.15, 0.2) is 0 Å². The van der Waals surface area contributed by atoms with E-state index in [4.69, 9.17) is 9.84 Å². The molecule has 0 amide bonds. The Morgan fingerprint density at radius 3 is 2.53 bits per heavy atom. The molecule has 8 heteroatoms. The molecular weight excluding hydrogens is 402 g/mol. The van der Waals surface area contributed by atoms with Crippen LogP contribution in [0.5, 0.6) is 0 Å². The van der Waals surface area contributed by atoms with E-state index in [2.05, 4.69) is 0 Å². The van der Waals surface area contributed by atoms with Gasteiger partial charge in [-0.3, -0.25) is 9.69 Å². The molecule has 3 rings (SSSR count). The third kappa shape index (κ3) is 5.38. The molecule has 2 aromatic carbocycles. The fraction of sp³-hybridized carbons (Fsp3) is 0.318. The number of hydrogen-bond donors (Lipinski definition) is 1. The summed E-state index contributed by atoms with van der Waals surface area (Å²) in [5.74, 6) is -4.50. The Bertz CT molecular complexity index is 948. The molecule has 0 saturated carbocycles. The summed E-state index contributed by atoms with van der Waals surface area (Å²) in [6, 6.07) is 5.57. The van der Waals surface area contributed by atoms with Crippen molar-refractivity contribution in [2.45, 2.75) is 12.8 Å². The first kappa shape index (κ1) is 21.8. The van der Waals surface area contributed by atoms with Gasteiger partial charge in [-0.2, -0.15) is 0 Å². The summed E-state index contributed by atoms with van der Waals surface area (Å²) in [7, 11) is 0. The Morgan fingerprint density at radius 1 is 1.07 bits per heavy atom. The van der Waals surface area contributed by atoms with E-state index in [1.807, 2.05) is 4.90 Å². The summed E-state index contributed by atoms with van der Waals surface area (Å²) >= 11 is 0. The van der Waals surface area contributed by atoms with Crippen LogP contribution < -0.4 is 0 Å². The van der Waals surface area contributed by atoms with Crippen LogP contribution in [0, 0.1) is 29.2 Å². The topological polar surface area (TPSA) is 49.8 Å². The molecule has 1 saturated heterocycles. The zero-order valence-electron chi connectivity index (χ0n) is 16.1. The number of benzene rings is 2. The summed E-state index contributed by atoms with van der Waals surface area (Å²) in [6.45, 7) is 1.69. The number of piperidine rings is 1.